The van der Waals surface area contributed by atoms with Gasteiger partial charge in [0, 0.05) is 25.7 Å². The fourth-order valence-corrected chi connectivity index (χ4v) is 2.86. The smallest absolute Gasteiger partial charge is 0.191 e. The summed E-state index contributed by atoms with van der Waals surface area (Å²) >= 11 is 1.73. The molecule has 0 aliphatic heterocycles. The van der Waals surface area contributed by atoms with Gasteiger partial charge in [-0.2, -0.15) is 11.3 Å². The van der Waals surface area contributed by atoms with Gasteiger partial charge in [0.25, 0.3) is 0 Å². The highest BCUT2D eigenvalue weighted by Gasteiger charge is 2.04. The average molecular weight is 445 g/mol. The van der Waals surface area contributed by atoms with Crippen LogP contribution in [0.2, 0.25) is 0 Å². The van der Waals surface area contributed by atoms with Crippen molar-refractivity contribution < 1.29 is 4.74 Å². The first kappa shape index (κ1) is 19.8. The van der Waals surface area contributed by atoms with Gasteiger partial charge in [-0.3, -0.25) is 4.99 Å². The van der Waals surface area contributed by atoms with Crippen LogP contribution < -0.4 is 15.4 Å². The summed E-state index contributed by atoms with van der Waals surface area (Å²) in [6.45, 7) is 3.60. The second-order valence-corrected chi connectivity index (χ2v) is 5.83. The van der Waals surface area contributed by atoms with E-state index in [-0.39, 0.29) is 24.0 Å². The number of hydrogen-bond acceptors (Lipinski definition) is 3. The van der Waals surface area contributed by atoms with Gasteiger partial charge < -0.3 is 15.4 Å². The SMILES string of the molecule is CN=C(NCCc1ccsc1)NCc1ccc(C)cc1OC.I. The average Bonchev–Trinajstić information content (AvgIpc) is 3.04. The number of aliphatic imine (C=N–C) groups is 1. The molecule has 2 rings (SSSR count). The maximum Gasteiger partial charge on any atom is 0.191 e. The monoisotopic (exact) mass is 445 g/mol. The van der Waals surface area contributed by atoms with Crippen LogP contribution in [0.25, 0.3) is 0 Å². The molecule has 4 nitrogen and oxygen atoms in total. The Kier molecular flexibility index (Phi) is 9.01. The summed E-state index contributed by atoms with van der Waals surface area (Å²) in [4.78, 5) is 4.25. The highest BCUT2D eigenvalue weighted by molar-refractivity contribution is 14.0. The van der Waals surface area contributed by atoms with Gasteiger partial charge in [0.1, 0.15) is 5.75 Å². The summed E-state index contributed by atoms with van der Waals surface area (Å²) in [6, 6.07) is 8.37. The standard InChI is InChI=1S/C17H23N3OS.HI/c1-13-4-5-15(16(10-13)21-3)11-20-17(18-2)19-8-6-14-7-9-22-12-14;/h4-5,7,9-10,12H,6,8,11H2,1-3H3,(H2,18,19,20);1H. The molecule has 0 aliphatic carbocycles. The molecule has 0 amide bonds. The zero-order chi connectivity index (χ0) is 15.8. The van der Waals surface area contributed by atoms with Crippen LogP contribution >= 0.6 is 35.3 Å². The van der Waals surface area contributed by atoms with E-state index in [0.29, 0.717) is 6.54 Å². The van der Waals surface area contributed by atoms with E-state index in [4.69, 9.17) is 4.74 Å². The van der Waals surface area contributed by atoms with Gasteiger partial charge in [0.15, 0.2) is 5.96 Å². The minimum absolute atomic E-state index is 0. The number of hydrogen-bond donors (Lipinski definition) is 2. The minimum atomic E-state index is 0. The van der Waals surface area contributed by atoms with Crippen molar-refractivity contribution >= 4 is 41.3 Å². The normalized spacial score (nSPS) is 10.8. The molecule has 0 atom stereocenters. The summed E-state index contributed by atoms with van der Waals surface area (Å²) in [6.07, 6.45) is 0.998. The number of thiophene rings is 1. The van der Waals surface area contributed by atoms with E-state index in [1.807, 2.05) is 6.07 Å². The molecule has 1 aromatic heterocycles. The number of rotatable bonds is 6. The molecule has 0 saturated heterocycles. The molecule has 0 unspecified atom stereocenters. The molecule has 0 spiro atoms. The predicted molar refractivity (Wildman–Crippen MR) is 109 cm³/mol. The second-order valence-electron chi connectivity index (χ2n) is 5.05. The second kappa shape index (κ2) is 10.5. The van der Waals surface area contributed by atoms with Crippen molar-refractivity contribution in [1.29, 1.82) is 0 Å². The minimum Gasteiger partial charge on any atom is -0.496 e. The third kappa shape index (κ3) is 6.39. The molecule has 0 bridgehead atoms. The number of guanidine groups is 1. The van der Waals surface area contributed by atoms with E-state index >= 15 is 0 Å². The van der Waals surface area contributed by atoms with Crippen molar-refractivity contribution in [1.82, 2.24) is 10.6 Å². The number of nitrogens with zero attached hydrogens (tertiary/aromatic N) is 1. The maximum absolute atomic E-state index is 5.42. The Morgan fingerprint density at radius 1 is 1.26 bits per heavy atom. The van der Waals surface area contributed by atoms with Crippen molar-refractivity contribution in [2.24, 2.45) is 4.99 Å². The van der Waals surface area contributed by atoms with Crippen LogP contribution in [0.1, 0.15) is 16.7 Å². The molecule has 0 fully saturated rings. The van der Waals surface area contributed by atoms with E-state index < -0.39 is 0 Å². The summed E-state index contributed by atoms with van der Waals surface area (Å²) < 4.78 is 5.42. The lowest BCUT2D eigenvalue weighted by Gasteiger charge is -2.14. The van der Waals surface area contributed by atoms with Gasteiger partial charge in [0.05, 0.1) is 7.11 Å². The zero-order valence-corrected chi connectivity index (χ0v) is 16.9. The van der Waals surface area contributed by atoms with E-state index in [2.05, 4.69) is 51.5 Å². The fourth-order valence-electron chi connectivity index (χ4n) is 2.16. The van der Waals surface area contributed by atoms with E-state index in [1.165, 1.54) is 11.1 Å². The summed E-state index contributed by atoms with van der Waals surface area (Å²) in [5.74, 6) is 1.71. The lowest BCUT2D eigenvalue weighted by Crippen LogP contribution is -2.37. The largest absolute Gasteiger partial charge is 0.496 e. The number of halogens is 1. The first-order valence-corrected chi connectivity index (χ1v) is 8.26. The van der Waals surface area contributed by atoms with Crippen LogP contribution in [0.5, 0.6) is 5.75 Å². The molecule has 1 aromatic carbocycles. The third-order valence-corrected chi connectivity index (χ3v) is 4.13. The van der Waals surface area contributed by atoms with Gasteiger partial charge in [0.2, 0.25) is 0 Å². The summed E-state index contributed by atoms with van der Waals surface area (Å²) in [5, 5.41) is 10.9. The predicted octanol–water partition coefficient (Wildman–Crippen LogP) is 3.59. The van der Waals surface area contributed by atoms with Crippen molar-refractivity contribution in [2.75, 3.05) is 20.7 Å². The van der Waals surface area contributed by atoms with Crippen LogP contribution in [-0.4, -0.2) is 26.7 Å². The Balaban J connectivity index is 0.00000264. The maximum atomic E-state index is 5.42. The van der Waals surface area contributed by atoms with Crippen LogP contribution in [0.3, 0.4) is 0 Å². The molecule has 2 N–H and O–H groups in total. The Morgan fingerprint density at radius 3 is 2.74 bits per heavy atom. The zero-order valence-electron chi connectivity index (χ0n) is 13.8. The van der Waals surface area contributed by atoms with Gasteiger partial charge in [-0.25, -0.2) is 0 Å². The first-order chi connectivity index (χ1) is 10.7. The quantitative estimate of drug-likeness (QED) is 0.406. The van der Waals surface area contributed by atoms with E-state index in [0.717, 1.165) is 30.2 Å². The van der Waals surface area contributed by atoms with Crippen LogP contribution in [0.4, 0.5) is 0 Å². The van der Waals surface area contributed by atoms with Crippen LogP contribution in [-0.2, 0) is 13.0 Å². The molecule has 6 heteroatoms. The number of methoxy groups -OCH3 is 1. The Labute approximate surface area is 159 Å². The van der Waals surface area contributed by atoms with Crippen LogP contribution in [0.15, 0.2) is 40.0 Å². The molecule has 2 aromatic rings. The number of ether oxygens (including phenoxy) is 1. The molecule has 23 heavy (non-hydrogen) atoms. The van der Waals surface area contributed by atoms with Gasteiger partial charge >= 0.3 is 0 Å². The lowest BCUT2D eigenvalue weighted by atomic mass is 10.1. The number of benzene rings is 1. The Hall–Kier alpha value is -1.28. The molecule has 0 radical (unpaired) electrons. The first-order valence-electron chi connectivity index (χ1n) is 7.32. The highest BCUT2D eigenvalue weighted by Crippen LogP contribution is 2.19. The van der Waals surface area contributed by atoms with Crippen molar-refractivity contribution in [2.45, 2.75) is 19.9 Å². The number of nitrogens with one attached hydrogen (secondary N) is 2. The molecular formula is C17H24IN3OS. The molecular weight excluding hydrogens is 421 g/mol. The van der Waals surface area contributed by atoms with Gasteiger partial charge in [-0.05, 0) is 47.4 Å². The van der Waals surface area contributed by atoms with Crippen molar-refractivity contribution in [3.05, 3.63) is 51.7 Å². The fraction of sp³-hybridized carbons (Fsp3) is 0.353. The highest BCUT2D eigenvalue weighted by atomic mass is 127. The van der Waals surface area contributed by atoms with Crippen LogP contribution in [0, 0.1) is 6.92 Å². The van der Waals surface area contributed by atoms with Gasteiger partial charge in [-0.1, -0.05) is 12.1 Å². The number of aryl methyl sites for hydroxylation is 1. The third-order valence-electron chi connectivity index (χ3n) is 3.40. The molecule has 0 saturated carbocycles. The summed E-state index contributed by atoms with van der Waals surface area (Å²) in [5.41, 5.74) is 3.67. The van der Waals surface area contributed by atoms with E-state index in [1.54, 1.807) is 25.5 Å². The molecule has 0 aliphatic rings. The summed E-state index contributed by atoms with van der Waals surface area (Å²) in [7, 11) is 3.48. The Bertz CT molecular complexity index is 614. The van der Waals surface area contributed by atoms with Crippen molar-refractivity contribution in [3.8, 4) is 5.75 Å². The van der Waals surface area contributed by atoms with E-state index in [9.17, 15) is 0 Å². The Morgan fingerprint density at radius 2 is 2.09 bits per heavy atom. The molecule has 126 valence electrons. The molecule has 1 heterocycles. The topological polar surface area (TPSA) is 45.7 Å². The van der Waals surface area contributed by atoms with Gasteiger partial charge in [-0.15, -0.1) is 24.0 Å². The van der Waals surface area contributed by atoms with Crippen molar-refractivity contribution in [3.63, 3.8) is 0 Å². The lowest BCUT2D eigenvalue weighted by molar-refractivity contribution is 0.408.